The summed E-state index contributed by atoms with van der Waals surface area (Å²) in [6.45, 7) is -0.157. The molecule has 2 atom stereocenters. The number of imidazole rings is 1. The molecule has 0 amide bonds. The number of aldehydes is 1. The van der Waals surface area contributed by atoms with Gasteiger partial charge in [0.25, 0.3) is 5.78 Å². The van der Waals surface area contributed by atoms with Crippen molar-refractivity contribution in [2.24, 2.45) is 5.92 Å². The summed E-state index contributed by atoms with van der Waals surface area (Å²) in [5, 5.41) is -4.41. The topological polar surface area (TPSA) is 78.3 Å². The van der Waals surface area contributed by atoms with Crippen molar-refractivity contribution in [2.75, 3.05) is 6.61 Å². The number of Topliss-reactive ketones (excluding diaryl/α,β-unsaturated/α-hetero) is 2. The first-order chi connectivity index (χ1) is 15.6. The van der Waals surface area contributed by atoms with Gasteiger partial charge < -0.3 is 4.74 Å². The van der Waals surface area contributed by atoms with Crippen LogP contribution in [0.1, 0.15) is 49.4 Å². The molecule has 0 spiro atoms. The molecule has 1 aliphatic carbocycles. The molecule has 1 saturated heterocycles. The highest BCUT2D eigenvalue weighted by Crippen LogP contribution is 2.54. The maximum absolute atomic E-state index is 15.1. The molecule has 1 aromatic heterocycles. The van der Waals surface area contributed by atoms with Crippen molar-refractivity contribution in [3.8, 4) is 5.69 Å². The number of halogens is 5. The van der Waals surface area contributed by atoms with Crippen LogP contribution in [0, 0.1) is 5.92 Å². The highest BCUT2D eigenvalue weighted by atomic mass is 35.5. The molecule has 33 heavy (non-hydrogen) atoms. The number of aromatic nitrogens is 2. The zero-order valence-corrected chi connectivity index (χ0v) is 17.3. The van der Waals surface area contributed by atoms with E-state index in [9.17, 15) is 23.2 Å². The van der Waals surface area contributed by atoms with E-state index in [2.05, 4.69) is 4.98 Å². The molecule has 2 heterocycles. The highest BCUT2D eigenvalue weighted by molar-refractivity contribution is 6.37. The molecule has 5 rings (SSSR count). The lowest BCUT2D eigenvalue weighted by Crippen LogP contribution is -2.45. The molecule has 0 N–H and O–H groups in total. The minimum Gasteiger partial charge on any atom is -0.373 e. The molecule has 2 aliphatic rings. The Morgan fingerprint density at radius 1 is 1.27 bits per heavy atom. The molecular formula is C22H13ClF4N2O4. The number of benzene rings is 2. The number of carbonyl (C=O) groups is 3. The molecule has 2 aromatic carbocycles. The average Bonchev–Trinajstić information content (AvgIpc) is 3.45. The predicted octanol–water partition coefficient (Wildman–Crippen LogP) is 4.76. The fourth-order valence-electron chi connectivity index (χ4n) is 4.76. The maximum Gasteiger partial charge on any atom is 0.385 e. The molecule has 6 nitrogen and oxygen atoms in total. The van der Waals surface area contributed by atoms with Gasteiger partial charge in [-0.15, -0.1) is 0 Å². The predicted molar refractivity (Wildman–Crippen MR) is 108 cm³/mol. The summed E-state index contributed by atoms with van der Waals surface area (Å²) < 4.78 is 65.1. The van der Waals surface area contributed by atoms with Crippen LogP contribution >= 0.6 is 11.6 Å². The van der Waals surface area contributed by atoms with Crippen LogP contribution in [0.5, 0.6) is 0 Å². The molecule has 0 radical (unpaired) electrons. The van der Waals surface area contributed by atoms with E-state index in [0.29, 0.717) is 6.29 Å². The summed E-state index contributed by atoms with van der Waals surface area (Å²) in [5.41, 5.74) is -1.93. The summed E-state index contributed by atoms with van der Waals surface area (Å²) in [4.78, 5) is 41.4. The van der Waals surface area contributed by atoms with Crippen LogP contribution in [-0.2, 0) is 4.74 Å². The van der Waals surface area contributed by atoms with Crippen molar-refractivity contribution in [3.63, 3.8) is 0 Å². The Bertz CT molecular complexity index is 1350. The highest BCUT2D eigenvalue weighted by Gasteiger charge is 2.60. The van der Waals surface area contributed by atoms with Crippen LogP contribution in [0.3, 0.4) is 0 Å². The number of rotatable bonds is 4. The number of ketones is 2. The fraction of sp³-hybridized carbons (Fsp3) is 0.273. The monoisotopic (exact) mass is 480 g/mol. The third-order valence-corrected chi connectivity index (χ3v) is 6.27. The Morgan fingerprint density at radius 3 is 2.64 bits per heavy atom. The molecule has 3 aromatic rings. The second-order valence-electron chi connectivity index (χ2n) is 7.80. The van der Waals surface area contributed by atoms with E-state index in [1.165, 1.54) is 36.7 Å². The minimum atomic E-state index is -4.43. The van der Waals surface area contributed by atoms with Crippen LogP contribution in [0.4, 0.5) is 17.6 Å². The van der Waals surface area contributed by atoms with E-state index in [1.54, 1.807) is 0 Å². The first kappa shape index (κ1) is 21.7. The lowest BCUT2D eigenvalue weighted by Gasteiger charge is -2.36. The third kappa shape index (κ3) is 2.97. The number of alkyl halides is 5. The smallest absolute Gasteiger partial charge is 0.373 e. The van der Waals surface area contributed by atoms with E-state index in [1.807, 2.05) is 0 Å². The van der Waals surface area contributed by atoms with Gasteiger partial charge in [0.1, 0.15) is 0 Å². The largest absolute Gasteiger partial charge is 0.385 e. The molecule has 1 aliphatic heterocycles. The Labute approximate surface area is 188 Å². The number of carbonyl (C=O) groups excluding carboxylic acids is 3. The number of nitrogens with zero attached hydrogens (tertiary/aromatic N) is 2. The van der Waals surface area contributed by atoms with Gasteiger partial charge in [0.15, 0.2) is 12.1 Å². The first-order valence-electron chi connectivity index (χ1n) is 9.82. The van der Waals surface area contributed by atoms with Gasteiger partial charge in [-0.05, 0) is 23.4 Å². The van der Waals surface area contributed by atoms with Crippen molar-refractivity contribution in [1.82, 2.24) is 9.55 Å². The number of fused-ring (bicyclic) bond motifs is 5. The summed E-state index contributed by atoms with van der Waals surface area (Å²) in [5.74, 6) is -9.19. The van der Waals surface area contributed by atoms with Crippen molar-refractivity contribution < 1.29 is 36.7 Å². The molecule has 11 heteroatoms. The average molecular weight is 481 g/mol. The Morgan fingerprint density at radius 2 is 1.97 bits per heavy atom. The SMILES string of the molecule is O=Cc1nccn1-c1c(C(=O)C(F)(F)Cl)c2c(c3ccccc13)C(=O)C(F)(F)[C@H]1CCO[C@@H]21. The van der Waals surface area contributed by atoms with Crippen LogP contribution in [0.25, 0.3) is 16.5 Å². The molecule has 0 bridgehead atoms. The second-order valence-corrected chi connectivity index (χ2v) is 8.27. The first-order valence-corrected chi connectivity index (χ1v) is 10.2. The Balaban J connectivity index is 2.03. The van der Waals surface area contributed by atoms with E-state index in [4.69, 9.17) is 16.3 Å². The van der Waals surface area contributed by atoms with E-state index in [-0.39, 0.29) is 40.9 Å². The van der Waals surface area contributed by atoms with Crippen LogP contribution < -0.4 is 0 Å². The van der Waals surface area contributed by atoms with E-state index >= 15 is 8.78 Å². The summed E-state index contributed by atoms with van der Waals surface area (Å²) in [7, 11) is 0. The summed E-state index contributed by atoms with van der Waals surface area (Å²) in [6.07, 6.45) is 1.10. The molecule has 1 fully saturated rings. The van der Waals surface area contributed by atoms with Gasteiger partial charge in [-0.25, -0.2) is 4.98 Å². The summed E-state index contributed by atoms with van der Waals surface area (Å²) in [6, 6.07) is 5.69. The minimum absolute atomic E-state index is 0.00103. The zero-order chi connectivity index (χ0) is 23.7. The van der Waals surface area contributed by atoms with Crippen molar-refractivity contribution in [3.05, 3.63) is 59.2 Å². The van der Waals surface area contributed by atoms with E-state index < -0.39 is 46.0 Å². The third-order valence-electron chi connectivity index (χ3n) is 6.10. The standard InChI is InChI=1S/C22H13ClF4N2O4/c23-22(26,27)20(32)16-15-14(19(31)21(24,25)12-5-8-33-18(12)15)10-3-1-2-4-11(10)17(16)29-7-6-28-13(29)9-30/h1-4,6-7,9,12,18H,5,8H2/t12-,18+/m0/s1. The van der Waals surface area contributed by atoms with Crippen molar-refractivity contribution in [2.45, 2.75) is 23.8 Å². The van der Waals surface area contributed by atoms with Crippen LogP contribution in [0.15, 0.2) is 36.7 Å². The molecule has 170 valence electrons. The number of hydrogen-bond donors (Lipinski definition) is 0. The van der Waals surface area contributed by atoms with Gasteiger partial charge in [-0.1, -0.05) is 24.3 Å². The lowest BCUT2D eigenvalue weighted by molar-refractivity contribution is -0.0631. The quantitative estimate of drug-likeness (QED) is 0.233. The van der Waals surface area contributed by atoms with Crippen LogP contribution in [0.2, 0.25) is 0 Å². The van der Waals surface area contributed by atoms with Gasteiger partial charge in [-0.3, -0.25) is 19.0 Å². The van der Waals surface area contributed by atoms with Crippen molar-refractivity contribution >= 4 is 40.2 Å². The number of hydrogen-bond acceptors (Lipinski definition) is 5. The number of ether oxygens (including phenoxy) is 1. The maximum atomic E-state index is 15.1. The lowest BCUT2D eigenvalue weighted by atomic mass is 9.73. The Hall–Kier alpha value is -3.11. The van der Waals surface area contributed by atoms with Crippen LogP contribution in [-0.4, -0.2) is 45.3 Å². The molecule has 0 saturated carbocycles. The second kappa shape index (κ2) is 7.19. The van der Waals surface area contributed by atoms with Gasteiger partial charge in [0.05, 0.1) is 23.3 Å². The molecule has 0 unspecified atom stereocenters. The van der Waals surface area contributed by atoms with Gasteiger partial charge in [-0.2, -0.15) is 17.6 Å². The van der Waals surface area contributed by atoms with Gasteiger partial charge in [0.2, 0.25) is 5.78 Å². The Kier molecular flexibility index (Phi) is 4.74. The normalized spacial score (nSPS) is 21.7. The zero-order valence-electron chi connectivity index (χ0n) is 16.5. The van der Waals surface area contributed by atoms with Gasteiger partial charge >= 0.3 is 11.3 Å². The summed E-state index contributed by atoms with van der Waals surface area (Å²) >= 11 is 5.10. The van der Waals surface area contributed by atoms with Crippen molar-refractivity contribution in [1.29, 1.82) is 0 Å². The van der Waals surface area contributed by atoms with Gasteiger partial charge in [0, 0.05) is 35.5 Å². The van der Waals surface area contributed by atoms with E-state index in [0.717, 1.165) is 4.57 Å². The molecular weight excluding hydrogens is 468 g/mol. The fourth-order valence-corrected chi connectivity index (χ4v) is 4.86.